The van der Waals surface area contributed by atoms with E-state index in [0.717, 1.165) is 17.8 Å². The van der Waals surface area contributed by atoms with Crippen molar-refractivity contribution >= 4 is 5.69 Å². The van der Waals surface area contributed by atoms with Crippen molar-refractivity contribution < 1.29 is 4.39 Å². The number of hydrogen-bond acceptors (Lipinski definition) is 2. The van der Waals surface area contributed by atoms with Crippen LogP contribution < -0.4 is 4.90 Å². The Labute approximate surface area is 112 Å². The van der Waals surface area contributed by atoms with Crippen molar-refractivity contribution in [1.82, 2.24) is 0 Å². The highest BCUT2D eigenvalue weighted by Gasteiger charge is 2.06. The van der Waals surface area contributed by atoms with Crippen LogP contribution in [0.2, 0.25) is 0 Å². The third-order valence-corrected chi connectivity index (χ3v) is 3.01. The molecule has 0 aromatic heterocycles. The monoisotopic (exact) mass is 254 g/mol. The molecule has 0 fully saturated rings. The maximum Gasteiger partial charge on any atom is 0.125 e. The molecule has 3 heteroatoms. The number of benzene rings is 2. The second-order valence-corrected chi connectivity index (χ2v) is 4.30. The first-order valence-corrected chi connectivity index (χ1v) is 6.22. The molecule has 0 aliphatic heterocycles. The van der Waals surface area contributed by atoms with Crippen LogP contribution >= 0.6 is 0 Å². The van der Waals surface area contributed by atoms with Crippen LogP contribution in [0.15, 0.2) is 48.5 Å². The van der Waals surface area contributed by atoms with Crippen molar-refractivity contribution in [2.45, 2.75) is 13.5 Å². The van der Waals surface area contributed by atoms with E-state index in [1.165, 1.54) is 12.1 Å². The first-order chi connectivity index (χ1) is 9.22. The highest BCUT2D eigenvalue weighted by molar-refractivity contribution is 5.47. The Morgan fingerprint density at radius 1 is 1.16 bits per heavy atom. The van der Waals surface area contributed by atoms with Crippen LogP contribution in [-0.4, -0.2) is 6.54 Å². The molecular weight excluding hydrogens is 239 g/mol. The number of rotatable bonds is 4. The molecule has 0 atom stereocenters. The van der Waals surface area contributed by atoms with Crippen LogP contribution in [0, 0.1) is 17.1 Å². The minimum absolute atomic E-state index is 0.226. The van der Waals surface area contributed by atoms with E-state index in [1.807, 2.05) is 25.1 Å². The van der Waals surface area contributed by atoms with E-state index >= 15 is 0 Å². The molecule has 0 N–H and O–H groups in total. The average molecular weight is 254 g/mol. The number of hydrogen-bond donors (Lipinski definition) is 0. The maximum atomic E-state index is 13.2. The lowest BCUT2D eigenvalue weighted by Gasteiger charge is -2.23. The van der Waals surface area contributed by atoms with E-state index in [9.17, 15) is 4.39 Å². The minimum Gasteiger partial charge on any atom is -0.367 e. The zero-order valence-electron chi connectivity index (χ0n) is 10.8. The molecule has 0 spiro atoms. The largest absolute Gasteiger partial charge is 0.367 e. The number of halogens is 1. The van der Waals surface area contributed by atoms with Crippen molar-refractivity contribution in [3.8, 4) is 6.07 Å². The molecule has 2 nitrogen and oxygen atoms in total. The van der Waals surface area contributed by atoms with Crippen molar-refractivity contribution in [1.29, 1.82) is 5.26 Å². The molecule has 0 heterocycles. The third-order valence-electron chi connectivity index (χ3n) is 3.01. The van der Waals surface area contributed by atoms with Crippen molar-refractivity contribution in [3.05, 3.63) is 65.5 Å². The lowest BCUT2D eigenvalue weighted by atomic mass is 10.1. The highest BCUT2D eigenvalue weighted by atomic mass is 19.1. The molecule has 0 saturated carbocycles. The van der Waals surface area contributed by atoms with Crippen LogP contribution in [0.4, 0.5) is 10.1 Å². The van der Waals surface area contributed by atoms with Gasteiger partial charge >= 0.3 is 0 Å². The SMILES string of the molecule is CCN(Cc1ccc(C#N)cc1)c1cccc(F)c1. The molecule has 2 rings (SSSR count). The van der Waals surface area contributed by atoms with Crippen molar-refractivity contribution in [2.24, 2.45) is 0 Å². The summed E-state index contributed by atoms with van der Waals surface area (Å²) in [6.07, 6.45) is 0. The van der Waals surface area contributed by atoms with E-state index < -0.39 is 0 Å². The second kappa shape index (κ2) is 6.01. The van der Waals surface area contributed by atoms with Crippen molar-refractivity contribution in [3.63, 3.8) is 0 Å². The van der Waals surface area contributed by atoms with Crippen LogP contribution in [0.5, 0.6) is 0 Å². The standard InChI is InChI=1S/C16H15FN2/c1-2-19(16-5-3-4-15(17)10-16)12-14-8-6-13(11-18)7-9-14/h3-10H,2,12H2,1H3. The summed E-state index contributed by atoms with van der Waals surface area (Å²) in [5.41, 5.74) is 2.62. The Morgan fingerprint density at radius 2 is 1.89 bits per heavy atom. The second-order valence-electron chi connectivity index (χ2n) is 4.30. The van der Waals surface area contributed by atoms with E-state index in [1.54, 1.807) is 18.2 Å². The fourth-order valence-corrected chi connectivity index (χ4v) is 1.96. The molecule has 0 bridgehead atoms. The summed E-state index contributed by atoms with van der Waals surface area (Å²) in [7, 11) is 0. The highest BCUT2D eigenvalue weighted by Crippen LogP contribution is 2.18. The van der Waals surface area contributed by atoms with E-state index in [4.69, 9.17) is 5.26 Å². The van der Waals surface area contributed by atoms with Gasteiger partial charge in [0, 0.05) is 18.8 Å². The summed E-state index contributed by atoms with van der Waals surface area (Å²) >= 11 is 0. The van der Waals surface area contributed by atoms with Gasteiger partial charge < -0.3 is 4.90 Å². The average Bonchev–Trinajstić information content (AvgIpc) is 2.45. The fraction of sp³-hybridized carbons (Fsp3) is 0.188. The molecular formula is C16H15FN2. The molecule has 2 aromatic carbocycles. The lowest BCUT2D eigenvalue weighted by Crippen LogP contribution is -2.21. The summed E-state index contributed by atoms with van der Waals surface area (Å²) in [4.78, 5) is 2.09. The van der Waals surface area contributed by atoms with Gasteiger partial charge in [-0.2, -0.15) is 5.26 Å². The molecule has 96 valence electrons. The fourth-order valence-electron chi connectivity index (χ4n) is 1.96. The topological polar surface area (TPSA) is 27.0 Å². The minimum atomic E-state index is -0.226. The quantitative estimate of drug-likeness (QED) is 0.831. The van der Waals surface area contributed by atoms with Gasteiger partial charge in [0.1, 0.15) is 5.82 Å². The molecule has 0 aliphatic carbocycles. The van der Waals surface area contributed by atoms with Crippen LogP contribution in [0.1, 0.15) is 18.1 Å². The van der Waals surface area contributed by atoms with Gasteiger partial charge in [-0.3, -0.25) is 0 Å². The molecule has 0 saturated heterocycles. The Hall–Kier alpha value is -2.34. The van der Waals surface area contributed by atoms with E-state index in [2.05, 4.69) is 11.0 Å². The van der Waals surface area contributed by atoms with Gasteiger partial charge in [-0.05, 0) is 42.8 Å². The Bertz CT molecular complexity index is 584. The van der Waals surface area contributed by atoms with Gasteiger partial charge in [0.25, 0.3) is 0 Å². The number of nitrogens with zero attached hydrogens (tertiary/aromatic N) is 2. The lowest BCUT2D eigenvalue weighted by molar-refractivity contribution is 0.626. The van der Waals surface area contributed by atoms with Gasteiger partial charge in [0.2, 0.25) is 0 Å². The van der Waals surface area contributed by atoms with Gasteiger partial charge in [0.15, 0.2) is 0 Å². The summed E-state index contributed by atoms with van der Waals surface area (Å²) in [6, 6.07) is 16.2. The molecule has 0 radical (unpaired) electrons. The normalized spacial score (nSPS) is 9.95. The van der Waals surface area contributed by atoms with Gasteiger partial charge in [-0.15, -0.1) is 0 Å². The first kappa shape index (κ1) is 13.1. The molecule has 0 amide bonds. The summed E-state index contributed by atoms with van der Waals surface area (Å²) in [6.45, 7) is 3.53. The van der Waals surface area contributed by atoms with Crippen LogP contribution in [0.3, 0.4) is 0 Å². The Kier molecular flexibility index (Phi) is 4.15. The Balaban J connectivity index is 2.17. The van der Waals surface area contributed by atoms with Gasteiger partial charge in [0.05, 0.1) is 11.6 Å². The third kappa shape index (κ3) is 3.32. The number of nitriles is 1. The summed E-state index contributed by atoms with van der Waals surface area (Å²) in [5.74, 6) is -0.226. The van der Waals surface area contributed by atoms with Gasteiger partial charge in [-0.1, -0.05) is 18.2 Å². The summed E-state index contributed by atoms with van der Waals surface area (Å²) in [5, 5.41) is 8.76. The molecule has 0 unspecified atom stereocenters. The predicted octanol–water partition coefficient (Wildman–Crippen LogP) is 3.72. The van der Waals surface area contributed by atoms with E-state index in [0.29, 0.717) is 12.1 Å². The summed E-state index contributed by atoms with van der Waals surface area (Å²) < 4.78 is 13.2. The number of anilines is 1. The zero-order valence-corrected chi connectivity index (χ0v) is 10.8. The molecule has 0 aliphatic rings. The first-order valence-electron chi connectivity index (χ1n) is 6.22. The van der Waals surface area contributed by atoms with E-state index in [-0.39, 0.29) is 5.82 Å². The molecule has 19 heavy (non-hydrogen) atoms. The smallest absolute Gasteiger partial charge is 0.125 e. The predicted molar refractivity (Wildman–Crippen MR) is 74.3 cm³/mol. The molecule has 2 aromatic rings. The van der Waals surface area contributed by atoms with Crippen LogP contribution in [0.25, 0.3) is 0 Å². The zero-order chi connectivity index (χ0) is 13.7. The van der Waals surface area contributed by atoms with Gasteiger partial charge in [-0.25, -0.2) is 4.39 Å². The Morgan fingerprint density at radius 3 is 2.47 bits per heavy atom. The maximum absolute atomic E-state index is 13.2. The van der Waals surface area contributed by atoms with Crippen molar-refractivity contribution in [2.75, 3.05) is 11.4 Å². The van der Waals surface area contributed by atoms with Crippen LogP contribution in [-0.2, 0) is 6.54 Å².